The van der Waals surface area contributed by atoms with Gasteiger partial charge in [0.15, 0.2) is 11.5 Å². The molecule has 8 nitrogen and oxygen atoms in total. The maximum atomic E-state index is 11.7. The SMILES string of the molecule is COC(=O)Nc1ccc(CN2N=C(c3ccc(OC)c(OC4CCCC4)c3)CCC2C=O)cc1. The second-order valence-corrected chi connectivity index (χ2v) is 8.59. The Kier molecular flexibility index (Phi) is 7.67. The molecule has 0 radical (unpaired) electrons. The van der Waals surface area contributed by atoms with Gasteiger partial charge in [-0.05, 0) is 74.4 Å². The zero-order valence-corrected chi connectivity index (χ0v) is 19.7. The second-order valence-electron chi connectivity index (χ2n) is 8.59. The van der Waals surface area contributed by atoms with Crippen molar-refractivity contribution in [3.05, 3.63) is 53.6 Å². The summed E-state index contributed by atoms with van der Waals surface area (Å²) in [6, 6.07) is 13.0. The van der Waals surface area contributed by atoms with Gasteiger partial charge >= 0.3 is 6.09 Å². The molecule has 0 aromatic heterocycles. The van der Waals surface area contributed by atoms with Crippen LogP contribution in [0.2, 0.25) is 0 Å². The van der Waals surface area contributed by atoms with E-state index in [1.165, 1.54) is 20.0 Å². The third-order valence-corrected chi connectivity index (χ3v) is 6.29. The Bertz CT molecular complexity index is 1030. The molecule has 0 bridgehead atoms. The number of hydrazone groups is 1. The summed E-state index contributed by atoms with van der Waals surface area (Å²) >= 11 is 0. The van der Waals surface area contributed by atoms with E-state index in [2.05, 4.69) is 10.1 Å². The highest BCUT2D eigenvalue weighted by atomic mass is 16.5. The van der Waals surface area contributed by atoms with Crippen molar-refractivity contribution in [1.82, 2.24) is 5.01 Å². The summed E-state index contributed by atoms with van der Waals surface area (Å²) in [5.74, 6) is 1.46. The minimum atomic E-state index is -0.519. The lowest BCUT2D eigenvalue weighted by molar-refractivity contribution is -0.113. The quantitative estimate of drug-likeness (QED) is 0.565. The number of benzene rings is 2. The summed E-state index contributed by atoms with van der Waals surface area (Å²) in [4.78, 5) is 23.1. The largest absolute Gasteiger partial charge is 0.493 e. The van der Waals surface area contributed by atoms with Crippen LogP contribution in [0.3, 0.4) is 0 Å². The molecule has 1 amide bonds. The fourth-order valence-corrected chi connectivity index (χ4v) is 4.39. The van der Waals surface area contributed by atoms with Gasteiger partial charge in [0.1, 0.15) is 12.3 Å². The van der Waals surface area contributed by atoms with Crippen molar-refractivity contribution in [3.8, 4) is 11.5 Å². The Morgan fingerprint density at radius 3 is 2.53 bits per heavy atom. The fraction of sp³-hybridized carbons (Fsp3) is 0.423. The van der Waals surface area contributed by atoms with Crippen LogP contribution in [0, 0.1) is 0 Å². The zero-order chi connectivity index (χ0) is 23.9. The number of carbonyl (C=O) groups excluding carboxylic acids is 2. The Hall–Kier alpha value is -3.55. The van der Waals surface area contributed by atoms with Crippen LogP contribution < -0.4 is 14.8 Å². The normalized spacial score (nSPS) is 18.2. The molecule has 1 aliphatic carbocycles. The topological polar surface area (TPSA) is 89.5 Å². The second kappa shape index (κ2) is 11.0. The van der Waals surface area contributed by atoms with E-state index in [0.717, 1.165) is 47.5 Å². The molecule has 2 aromatic carbocycles. The molecule has 1 atom stereocenters. The molecule has 4 rings (SSSR count). The Labute approximate surface area is 199 Å². The first-order valence-corrected chi connectivity index (χ1v) is 11.7. The van der Waals surface area contributed by atoms with Gasteiger partial charge in [0, 0.05) is 11.3 Å². The van der Waals surface area contributed by atoms with Crippen molar-refractivity contribution in [2.75, 3.05) is 19.5 Å². The van der Waals surface area contributed by atoms with Gasteiger partial charge in [-0.2, -0.15) is 5.10 Å². The van der Waals surface area contributed by atoms with E-state index in [1.807, 2.05) is 35.3 Å². The number of nitrogens with one attached hydrogen (secondary N) is 1. The smallest absolute Gasteiger partial charge is 0.411 e. The molecule has 1 N–H and O–H groups in total. The van der Waals surface area contributed by atoms with Crippen molar-refractivity contribution >= 4 is 23.8 Å². The Morgan fingerprint density at radius 2 is 1.85 bits per heavy atom. The number of anilines is 1. The minimum Gasteiger partial charge on any atom is -0.493 e. The standard InChI is InChI=1S/C26H31N3O5/c1-32-24-14-9-19(15-25(24)34-22-5-3-4-6-22)23-13-12-21(17-30)29(28-23)16-18-7-10-20(11-8-18)27-26(31)33-2/h7-11,14-15,17,21-22H,3-6,12-13,16H2,1-2H3,(H,27,31). The van der Waals surface area contributed by atoms with Gasteiger partial charge in [0.2, 0.25) is 0 Å². The van der Waals surface area contributed by atoms with Crippen LogP contribution in [-0.2, 0) is 16.1 Å². The first kappa shape index (κ1) is 23.6. The highest BCUT2D eigenvalue weighted by molar-refractivity contribution is 6.01. The average Bonchev–Trinajstić information content (AvgIpc) is 3.38. The van der Waals surface area contributed by atoms with Crippen molar-refractivity contribution in [1.29, 1.82) is 0 Å². The molecule has 8 heteroatoms. The van der Waals surface area contributed by atoms with Gasteiger partial charge in [-0.3, -0.25) is 10.3 Å². The first-order chi connectivity index (χ1) is 16.6. The van der Waals surface area contributed by atoms with Crippen LogP contribution in [-0.4, -0.2) is 49.5 Å². The molecule has 1 unspecified atom stereocenters. The maximum absolute atomic E-state index is 11.7. The molecule has 0 spiro atoms. The molecule has 180 valence electrons. The summed E-state index contributed by atoms with van der Waals surface area (Å²) in [6.45, 7) is 0.479. The van der Waals surface area contributed by atoms with Gasteiger partial charge in [-0.15, -0.1) is 0 Å². The van der Waals surface area contributed by atoms with Gasteiger partial charge in [0.05, 0.1) is 32.6 Å². The lowest BCUT2D eigenvalue weighted by Gasteiger charge is -2.31. The molecule has 1 fully saturated rings. The summed E-state index contributed by atoms with van der Waals surface area (Å²) in [5.41, 5.74) is 3.51. The molecule has 2 aromatic rings. The van der Waals surface area contributed by atoms with Crippen molar-refractivity contribution in [2.45, 2.75) is 57.2 Å². The average molecular weight is 466 g/mol. The van der Waals surface area contributed by atoms with E-state index in [9.17, 15) is 9.59 Å². The number of carbonyl (C=O) groups is 2. The van der Waals surface area contributed by atoms with Crippen molar-refractivity contribution in [3.63, 3.8) is 0 Å². The van der Waals surface area contributed by atoms with Crippen LogP contribution in [0.5, 0.6) is 11.5 Å². The number of rotatable bonds is 8. The van der Waals surface area contributed by atoms with Gasteiger partial charge in [-0.25, -0.2) is 4.79 Å². The predicted octanol–water partition coefficient (Wildman–Crippen LogP) is 4.76. The summed E-state index contributed by atoms with van der Waals surface area (Å²) in [6.07, 6.45) is 6.58. The molecule has 2 aliphatic rings. The van der Waals surface area contributed by atoms with E-state index in [-0.39, 0.29) is 12.1 Å². The molecule has 1 saturated carbocycles. The predicted molar refractivity (Wildman–Crippen MR) is 130 cm³/mol. The fourth-order valence-electron chi connectivity index (χ4n) is 4.39. The van der Waals surface area contributed by atoms with E-state index in [1.54, 1.807) is 19.2 Å². The van der Waals surface area contributed by atoms with E-state index in [0.29, 0.717) is 25.1 Å². The molecular formula is C26H31N3O5. The summed E-state index contributed by atoms with van der Waals surface area (Å²) < 4.78 is 16.4. The Morgan fingerprint density at radius 1 is 1.09 bits per heavy atom. The van der Waals surface area contributed by atoms with Crippen LogP contribution in [0.15, 0.2) is 47.6 Å². The van der Waals surface area contributed by atoms with Crippen LogP contribution in [0.4, 0.5) is 10.5 Å². The summed E-state index contributed by atoms with van der Waals surface area (Å²) in [7, 11) is 2.97. The molecule has 0 saturated heterocycles. The third kappa shape index (κ3) is 5.68. The van der Waals surface area contributed by atoms with Crippen LogP contribution in [0.1, 0.15) is 49.7 Å². The molecule has 34 heavy (non-hydrogen) atoms. The third-order valence-electron chi connectivity index (χ3n) is 6.29. The number of amides is 1. The number of hydrogen-bond acceptors (Lipinski definition) is 7. The van der Waals surface area contributed by atoms with Crippen molar-refractivity contribution in [2.24, 2.45) is 5.10 Å². The van der Waals surface area contributed by atoms with Gasteiger partial charge in [-0.1, -0.05) is 12.1 Å². The number of ether oxygens (including phenoxy) is 3. The lowest BCUT2D eigenvalue weighted by atomic mass is 10.00. The highest BCUT2D eigenvalue weighted by Gasteiger charge is 2.25. The Balaban J connectivity index is 1.52. The first-order valence-electron chi connectivity index (χ1n) is 11.7. The number of methoxy groups -OCH3 is 2. The number of hydrogen-bond donors (Lipinski definition) is 1. The minimum absolute atomic E-state index is 0.227. The molecule has 1 heterocycles. The molecule has 1 aliphatic heterocycles. The van der Waals surface area contributed by atoms with Crippen molar-refractivity contribution < 1.29 is 23.8 Å². The van der Waals surface area contributed by atoms with Gasteiger partial charge < -0.3 is 19.0 Å². The highest BCUT2D eigenvalue weighted by Crippen LogP contribution is 2.33. The van der Waals surface area contributed by atoms with E-state index in [4.69, 9.17) is 14.6 Å². The number of nitrogens with zero attached hydrogens (tertiary/aromatic N) is 2. The maximum Gasteiger partial charge on any atom is 0.411 e. The zero-order valence-electron chi connectivity index (χ0n) is 19.7. The van der Waals surface area contributed by atoms with E-state index < -0.39 is 6.09 Å². The van der Waals surface area contributed by atoms with Crippen LogP contribution >= 0.6 is 0 Å². The monoisotopic (exact) mass is 465 g/mol. The summed E-state index contributed by atoms with van der Waals surface area (Å²) in [5, 5.41) is 9.30. The van der Waals surface area contributed by atoms with E-state index >= 15 is 0 Å². The lowest BCUT2D eigenvalue weighted by Crippen LogP contribution is -2.37. The number of aldehydes is 1. The van der Waals surface area contributed by atoms with Gasteiger partial charge in [0.25, 0.3) is 0 Å². The van der Waals surface area contributed by atoms with Crippen LogP contribution in [0.25, 0.3) is 0 Å². The molecular weight excluding hydrogens is 434 g/mol.